The molecule has 1 rings (SSSR count). The number of amides is 1. The molecule has 1 aliphatic heterocycles. The van der Waals surface area contributed by atoms with Gasteiger partial charge in [-0.15, -0.1) is 0 Å². The Morgan fingerprint density at radius 2 is 2.37 bits per heavy atom. The Bertz CT molecular complexity index is 350. The van der Waals surface area contributed by atoms with E-state index in [9.17, 15) is 9.59 Å². The lowest BCUT2D eigenvalue weighted by Crippen LogP contribution is -2.44. The van der Waals surface area contributed by atoms with Crippen LogP contribution in [0.1, 0.15) is 32.6 Å². The monoisotopic (exact) mass is 304 g/mol. The second-order valence-electron chi connectivity index (χ2n) is 4.20. The Balaban J connectivity index is 2.30. The third-order valence-electron chi connectivity index (χ3n) is 2.90. The van der Waals surface area contributed by atoms with Gasteiger partial charge in [-0.25, -0.2) is 0 Å². The first-order chi connectivity index (χ1) is 9.08. The van der Waals surface area contributed by atoms with Crippen LogP contribution >= 0.6 is 24.0 Å². The van der Waals surface area contributed by atoms with E-state index < -0.39 is 0 Å². The zero-order valence-electron chi connectivity index (χ0n) is 11.3. The minimum atomic E-state index is -0.193. The Hall–Kier alpha value is -0.820. The zero-order valence-corrected chi connectivity index (χ0v) is 12.9. The van der Waals surface area contributed by atoms with Gasteiger partial charge in [0.05, 0.1) is 7.11 Å². The average molecular weight is 304 g/mol. The molecule has 19 heavy (non-hydrogen) atoms. The summed E-state index contributed by atoms with van der Waals surface area (Å²) < 4.78 is 5.36. The van der Waals surface area contributed by atoms with Crippen LogP contribution in [0.25, 0.3) is 0 Å². The Labute approximate surface area is 123 Å². The van der Waals surface area contributed by atoms with Gasteiger partial charge in [-0.05, 0) is 19.8 Å². The maximum atomic E-state index is 11.2. The fourth-order valence-electron chi connectivity index (χ4n) is 1.87. The summed E-state index contributed by atoms with van der Waals surface area (Å²) in [5.74, 6) is 0.675. The lowest BCUT2D eigenvalue weighted by molar-refractivity contribution is -0.140. The molecule has 0 aromatic rings. The zero-order chi connectivity index (χ0) is 14.3. The summed E-state index contributed by atoms with van der Waals surface area (Å²) in [4.78, 5) is 24.2. The van der Waals surface area contributed by atoms with Crippen LogP contribution < -0.4 is 5.32 Å². The summed E-state index contributed by atoms with van der Waals surface area (Å²) in [5, 5.41) is 2.92. The fraction of sp³-hybridized carbons (Fsp3) is 0.750. The van der Waals surface area contributed by atoms with Gasteiger partial charge in [0.2, 0.25) is 5.91 Å². The van der Waals surface area contributed by atoms with Crippen molar-refractivity contribution in [2.24, 2.45) is 0 Å². The van der Waals surface area contributed by atoms with E-state index >= 15 is 0 Å². The van der Waals surface area contributed by atoms with Crippen LogP contribution in [0.5, 0.6) is 0 Å². The molecular formula is C12H20N2O3S2. The third kappa shape index (κ3) is 5.36. The molecule has 1 aliphatic rings. The van der Waals surface area contributed by atoms with Gasteiger partial charge in [-0.3, -0.25) is 9.59 Å². The number of methoxy groups -OCH3 is 1. The van der Waals surface area contributed by atoms with E-state index in [1.54, 1.807) is 11.8 Å². The minimum Gasteiger partial charge on any atom is -0.469 e. The van der Waals surface area contributed by atoms with Crippen molar-refractivity contribution < 1.29 is 14.3 Å². The fourth-order valence-corrected chi connectivity index (χ4v) is 3.26. The topological polar surface area (TPSA) is 58.6 Å². The molecule has 0 aliphatic carbocycles. The van der Waals surface area contributed by atoms with Crippen molar-refractivity contribution in [3.8, 4) is 0 Å². The van der Waals surface area contributed by atoms with Crippen molar-refractivity contribution in [2.75, 3.05) is 19.4 Å². The van der Waals surface area contributed by atoms with Gasteiger partial charge in [-0.1, -0.05) is 24.0 Å². The Morgan fingerprint density at radius 1 is 1.63 bits per heavy atom. The molecule has 1 N–H and O–H groups in total. The van der Waals surface area contributed by atoms with Gasteiger partial charge in [0, 0.05) is 25.1 Å². The van der Waals surface area contributed by atoms with E-state index in [-0.39, 0.29) is 18.0 Å². The van der Waals surface area contributed by atoms with Gasteiger partial charge < -0.3 is 15.0 Å². The number of nitrogens with zero attached hydrogens (tertiary/aromatic N) is 1. The van der Waals surface area contributed by atoms with E-state index in [4.69, 9.17) is 12.2 Å². The van der Waals surface area contributed by atoms with Gasteiger partial charge in [0.1, 0.15) is 10.5 Å². The molecule has 1 fully saturated rings. The second kappa shape index (κ2) is 8.37. The van der Waals surface area contributed by atoms with Crippen molar-refractivity contribution in [1.29, 1.82) is 0 Å². The van der Waals surface area contributed by atoms with Crippen molar-refractivity contribution in [3.63, 3.8) is 0 Å². The molecule has 108 valence electrons. The van der Waals surface area contributed by atoms with E-state index in [0.717, 1.165) is 29.5 Å². The number of hydrogen-bond donors (Lipinski definition) is 1. The van der Waals surface area contributed by atoms with Crippen LogP contribution in [0.3, 0.4) is 0 Å². The number of carbonyl (C=O) groups excluding carboxylic acids is 2. The Morgan fingerprint density at radius 3 is 2.89 bits per heavy atom. The molecule has 0 spiro atoms. The molecule has 1 heterocycles. The molecule has 0 radical (unpaired) electrons. The highest BCUT2D eigenvalue weighted by atomic mass is 32.2. The SMILES string of the molecule is CCN(C(=S)SCCCC(=O)OC)C1CCC(=O)N1. The molecule has 0 aromatic carbocycles. The number of thiocarbonyl (C=S) groups is 1. The summed E-state index contributed by atoms with van der Waals surface area (Å²) in [6.45, 7) is 2.79. The van der Waals surface area contributed by atoms with Crippen LogP contribution in [0.2, 0.25) is 0 Å². The van der Waals surface area contributed by atoms with E-state index in [1.165, 1.54) is 7.11 Å². The number of ether oxygens (including phenoxy) is 1. The van der Waals surface area contributed by atoms with Crippen LogP contribution in [0.15, 0.2) is 0 Å². The normalized spacial score (nSPS) is 18.0. The standard InChI is InChI=1S/C12H20N2O3S2/c1-3-14(9-6-7-10(15)13-9)12(18)19-8-4-5-11(16)17-2/h9H,3-8H2,1-2H3,(H,13,15). The van der Waals surface area contributed by atoms with Crippen molar-refractivity contribution >= 4 is 40.2 Å². The second-order valence-corrected chi connectivity index (χ2v) is 5.93. The summed E-state index contributed by atoms with van der Waals surface area (Å²) in [6, 6.07) is 0. The maximum absolute atomic E-state index is 11.2. The van der Waals surface area contributed by atoms with Gasteiger partial charge in [-0.2, -0.15) is 0 Å². The molecule has 1 atom stereocenters. The summed E-state index contributed by atoms with van der Waals surface area (Å²) >= 11 is 6.93. The van der Waals surface area contributed by atoms with Crippen LogP contribution in [-0.2, 0) is 14.3 Å². The van der Waals surface area contributed by atoms with E-state index in [2.05, 4.69) is 10.1 Å². The maximum Gasteiger partial charge on any atom is 0.305 e. The lowest BCUT2D eigenvalue weighted by Gasteiger charge is -2.29. The largest absolute Gasteiger partial charge is 0.469 e. The number of rotatable bonds is 6. The van der Waals surface area contributed by atoms with Crippen molar-refractivity contribution in [3.05, 3.63) is 0 Å². The molecule has 0 bridgehead atoms. The van der Waals surface area contributed by atoms with Gasteiger partial charge in [0.15, 0.2) is 0 Å². The summed E-state index contributed by atoms with van der Waals surface area (Å²) in [5.41, 5.74) is 0. The van der Waals surface area contributed by atoms with E-state index in [0.29, 0.717) is 12.8 Å². The predicted molar refractivity (Wildman–Crippen MR) is 79.9 cm³/mol. The van der Waals surface area contributed by atoms with Crippen LogP contribution in [0.4, 0.5) is 0 Å². The molecule has 1 unspecified atom stereocenters. The van der Waals surface area contributed by atoms with Gasteiger partial charge >= 0.3 is 5.97 Å². The molecule has 1 saturated heterocycles. The number of hydrogen-bond acceptors (Lipinski definition) is 5. The first-order valence-electron chi connectivity index (χ1n) is 6.38. The lowest BCUT2D eigenvalue weighted by atomic mass is 10.3. The smallest absolute Gasteiger partial charge is 0.305 e. The molecule has 0 saturated carbocycles. The number of nitrogens with one attached hydrogen (secondary N) is 1. The van der Waals surface area contributed by atoms with Gasteiger partial charge in [0.25, 0.3) is 0 Å². The average Bonchev–Trinajstić information content (AvgIpc) is 2.81. The van der Waals surface area contributed by atoms with Crippen molar-refractivity contribution in [2.45, 2.75) is 38.8 Å². The molecule has 1 amide bonds. The highest BCUT2D eigenvalue weighted by Crippen LogP contribution is 2.18. The molecule has 0 aromatic heterocycles. The third-order valence-corrected chi connectivity index (χ3v) is 4.46. The summed E-state index contributed by atoms with van der Waals surface area (Å²) in [7, 11) is 1.39. The number of carbonyl (C=O) groups is 2. The highest BCUT2D eigenvalue weighted by molar-refractivity contribution is 8.22. The quantitative estimate of drug-likeness (QED) is 0.456. The van der Waals surface area contributed by atoms with Crippen LogP contribution in [0, 0.1) is 0 Å². The van der Waals surface area contributed by atoms with Crippen molar-refractivity contribution in [1.82, 2.24) is 10.2 Å². The highest BCUT2D eigenvalue weighted by Gasteiger charge is 2.27. The van der Waals surface area contributed by atoms with Crippen LogP contribution in [-0.4, -0.2) is 46.7 Å². The number of esters is 1. The molecule has 5 nitrogen and oxygen atoms in total. The predicted octanol–water partition coefficient (Wildman–Crippen LogP) is 1.52. The summed E-state index contributed by atoms with van der Waals surface area (Å²) in [6.07, 6.45) is 2.55. The first kappa shape index (κ1) is 16.2. The first-order valence-corrected chi connectivity index (χ1v) is 7.77. The molecule has 7 heteroatoms. The Kier molecular flexibility index (Phi) is 7.15. The number of thioether (sulfide) groups is 1. The minimum absolute atomic E-state index is 0.0260. The van der Waals surface area contributed by atoms with E-state index in [1.807, 2.05) is 11.8 Å². The molecular weight excluding hydrogens is 284 g/mol.